The highest BCUT2D eigenvalue weighted by atomic mass is 32.1. The smallest absolute Gasteiger partial charge is 0.185 e. The van der Waals surface area contributed by atoms with Gasteiger partial charge in [-0.25, -0.2) is 0 Å². The van der Waals surface area contributed by atoms with Crippen LogP contribution in [0.4, 0.5) is 0 Å². The third-order valence-corrected chi connectivity index (χ3v) is 4.30. The average Bonchev–Trinajstić information content (AvgIpc) is 3.00. The minimum Gasteiger partial charge on any atom is -0.318 e. The number of allylic oxidation sites excluding steroid dienone is 1. The van der Waals surface area contributed by atoms with Gasteiger partial charge in [-0.1, -0.05) is 6.08 Å². The normalized spacial score (nSPS) is 20.2. The van der Waals surface area contributed by atoms with Gasteiger partial charge in [-0.2, -0.15) is 11.3 Å². The fourth-order valence-corrected chi connectivity index (χ4v) is 3.06. The lowest BCUT2D eigenvalue weighted by Crippen LogP contribution is -2.55. The van der Waals surface area contributed by atoms with Crippen molar-refractivity contribution in [2.75, 3.05) is 0 Å². The Hall–Kier alpha value is -1.30. The molecule has 1 aliphatic rings. The van der Waals surface area contributed by atoms with Crippen molar-refractivity contribution in [3.63, 3.8) is 0 Å². The molecule has 0 radical (unpaired) electrons. The van der Waals surface area contributed by atoms with Gasteiger partial charge in [0.05, 0.1) is 6.04 Å². The minimum absolute atomic E-state index is 0.422. The summed E-state index contributed by atoms with van der Waals surface area (Å²) in [6.45, 7) is 0. The van der Waals surface area contributed by atoms with Crippen molar-refractivity contribution in [2.24, 2.45) is 11.5 Å². The predicted octanol–water partition coefficient (Wildman–Crippen LogP) is 1.71. The maximum atomic E-state index is 12.5. The Balaban J connectivity index is 2.27. The van der Waals surface area contributed by atoms with Crippen molar-refractivity contribution in [1.82, 2.24) is 0 Å². The molecule has 1 aromatic heterocycles. The summed E-state index contributed by atoms with van der Waals surface area (Å²) in [6.07, 6.45) is 6.04. The van der Waals surface area contributed by atoms with E-state index in [4.69, 9.17) is 11.5 Å². The van der Waals surface area contributed by atoms with E-state index in [1.165, 1.54) is 11.3 Å². The molecule has 2 rings (SSSR count). The van der Waals surface area contributed by atoms with E-state index in [9.17, 15) is 9.59 Å². The first kappa shape index (κ1) is 14.1. The number of nitrogens with two attached hydrogens (primary N) is 2. The Morgan fingerprint density at radius 2 is 2.26 bits per heavy atom. The summed E-state index contributed by atoms with van der Waals surface area (Å²) in [6, 6.07) is 0.942. The first-order valence-corrected chi connectivity index (χ1v) is 7.30. The molecule has 102 valence electrons. The van der Waals surface area contributed by atoms with Gasteiger partial charge in [-0.3, -0.25) is 4.79 Å². The fourth-order valence-electron chi connectivity index (χ4n) is 2.37. The molecule has 5 heteroatoms. The van der Waals surface area contributed by atoms with Gasteiger partial charge in [0.15, 0.2) is 17.6 Å². The zero-order valence-electron chi connectivity index (χ0n) is 10.7. The maximum Gasteiger partial charge on any atom is 0.185 e. The number of hydrogen-bond donors (Lipinski definition) is 2. The Morgan fingerprint density at radius 1 is 1.47 bits per heavy atom. The Bertz CT molecular complexity index is 496. The van der Waals surface area contributed by atoms with Crippen LogP contribution in [-0.4, -0.2) is 17.6 Å². The summed E-state index contributed by atoms with van der Waals surface area (Å²) >= 11 is 1.46. The second kappa shape index (κ2) is 5.77. The van der Waals surface area contributed by atoms with Crippen LogP contribution in [0.3, 0.4) is 0 Å². The van der Waals surface area contributed by atoms with Crippen LogP contribution in [0.5, 0.6) is 0 Å². The summed E-state index contributed by atoms with van der Waals surface area (Å²) in [4.78, 5) is 23.9. The summed E-state index contributed by atoms with van der Waals surface area (Å²) < 4.78 is 0. The van der Waals surface area contributed by atoms with E-state index in [2.05, 4.69) is 0 Å². The van der Waals surface area contributed by atoms with Crippen molar-refractivity contribution in [3.8, 4) is 0 Å². The second-order valence-electron chi connectivity index (χ2n) is 4.86. The van der Waals surface area contributed by atoms with Crippen LogP contribution in [0.15, 0.2) is 28.5 Å². The van der Waals surface area contributed by atoms with Gasteiger partial charge in [0.1, 0.15) is 0 Å². The van der Waals surface area contributed by atoms with E-state index in [1.54, 1.807) is 6.07 Å². The third kappa shape index (κ3) is 2.68. The monoisotopic (exact) mass is 278 g/mol. The topological polar surface area (TPSA) is 86.2 Å². The van der Waals surface area contributed by atoms with E-state index in [-0.39, 0.29) is 0 Å². The summed E-state index contributed by atoms with van der Waals surface area (Å²) in [5.74, 6) is -0.422. The molecule has 1 aliphatic carbocycles. The molecular weight excluding hydrogens is 260 g/mol. The van der Waals surface area contributed by atoms with Gasteiger partial charge in [-0.05, 0) is 53.6 Å². The molecule has 1 aromatic rings. The molecule has 0 saturated carbocycles. The fraction of sp³-hybridized carbons (Fsp3) is 0.429. The van der Waals surface area contributed by atoms with Crippen LogP contribution in [0.1, 0.15) is 37.3 Å². The van der Waals surface area contributed by atoms with Crippen LogP contribution in [0.25, 0.3) is 0 Å². The van der Waals surface area contributed by atoms with Crippen molar-refractivity contribution in [1.29, 1.82) is 0 Å². The molecule has 0 aliphatic heterocycles. The van der Waals surface area contributed by atoms with Gasteiger partial charge in [-0.15, -0.1) is 0 Å². The SMILES string of the molecule is NC(C(=O)C(N)(C=O)C1=CCCCC1)c1ccsc1. The number of carbonyl (C=O) groups is 2. The third-order valence-electron chi connectivity index (χ3n) is 3.60. The largest absolute Gasteiger partial charge is 0.318 e. The van der Waals surface area contributed by atoms with Crippen molar-refractivity contribution >= 4 is 23.4 Å². The number of hydrogen-bond acceptors (Lipinski definition) is 5. The van der Waals surface area contributed by atoms with Gasteiger partial charge in [0, 0.05) is 0 Å². The van der Waals surface area contributed by atoms with Crippen LogP contribution in [0, 0.1) is 0 Å². The number of Topliss-reactive ketones (excluding diaryl/α,β-unsaturated/α-hetero) is 1. The standard InChI is InChI=1S/C14H18N2O2S/c15-12(10-6-7-19-8-10)13(18)14(16,9-17)11-4-2-1-3-5-11/h4,6-9,12H,1-3,5,15-16H2. The van der Waals surface area contributed by atoms with Crippen LogP contribution in [-0.2, 0) is 9.59 Å². The molecule has 4 N–H and O–H groups in total. The molecule has 0 aromatic carbocycles. The molecule has 0 bridgehead atoms. The van der Waals surface area contributed by atoms with E-state index in [0.29, 0.717) is 23.8 Å². The highest BCUT2D eigenvalue weighted by Gasteiger charge is 2.41. The number of thiophene rings is 1. The van der Waals surface area contributed by atoms with E-state index >= 15 is 0 Å². The van der Waals surface area contributed by atoms with Crippen LogP contribution in [0.2, 0.25) is 0 Å². The molecule has 0 spiro atoms. The van der Waals surface area contributed by atoms with Gasteiger partial charge in [0.25, 0.3) is 0 Å². The average molecular weight is 278 g/mol. The number of aldehydes is 1. The molecule has 1 heterocycles. The Labute approximate surface area is 116 Å². The first-order valence-electron chi connectivity index (χ1n) is 6.36. The quantitative estimate of drug-likeness (QED) is 0.488. The second-order valence-corrected chi connectivity index (χ2v) is 5.64. The van der Waals surface area contributed by atoms with E-state index in [1.807, 2.05) is 16.8 Å². The van der Waals surface area contributed by atoms with Crippen LogP contribution < -0.4 is 11.5 Å². The number of ketones is 1. The molecule has 19 heavy (non-hydrogen) atoms. The van der Waals surface area contributed by atoms with Crippen molar-refractivity contribution < 1.29 is 9.59 Å². The van der Waals surface area contributed by atoms with E-state index < -0.39 is 17.4 Å². The highest BCUT2D eigenvalue weighted by Crippen LogP contribution is 2.29. The van der Waals surface area contributed by atoms with Crippen molar-refractivity contribution in [3.05, 3.63) is 34.0 Å². The lowest BCUT2D eigenvalue weighted by Gasteiger charge is -2.29. The molecule has 0 amide bonds. The van der Waals surface area contributed by atoms with Gasteiger partial charge in [0.2, 0.25) is 0 Å². The zero-order valence-corrected chi connectivity index (χ0v) is 11.5. The Kier molecular flexibility index (Phi) is 4.29. The lowest BCUT2D eigenvalue weighted by atomic mass is 9.78. The number of rotatable bonds is 5. The summed E-state index contributed by atoms with van der Waals surface area (Å²) in [5.41, 5.74) is 11.9. The van der Waals surface area contributed by atoms with Gasteiger partial charge >= 0.3 is 0 Å². The molecule has 2 atom stereocenters. The Morgan fingerprint density at radius 3 is 2.79 bits per heavy atom. The summed E-state index contributed by atoms with van der Waals surface area (Å²) in [5, 5.41) is 3.66. The number of carbonyl (C=O) groups excluding carboxylic acids is 2. The maximum absolute atomic E-state index is 12.5. The van der Waals surface area contributed by atoms with Gasteiger partial charge < -0.3 is 16.3 Å². The molecule has 2 unspecified atom stereocenters. The molecule has 0 saturated heterocycles. The molecule has 4 nitrogen and oxygen atoms in total. The predicted molar refractivity (Wildman–Crippen MR) is 75.8 cm³/mol. The molecule has 0 fully saturated rings. The first-order chi connectivity index (χ1) is 9.09. The van der Waals surface area contributed by atoms with Crippen molar-refractivity contribution in [2.45, 2.75) is 37.3 Å². The zero-order chi connectivity index (χ0) is 13.9. The summed E-state index contributed by atoms with van der Waals surface area (Å²) in [7, 11) is 0. The van der Waals surface area contributed by atoms with Crippen LogP contribution >= 0.6 is 11.3 Å². The highest BCUT2D eigenvalue weighted by molar-refractivity contribution is 7.08. The minimum atomic E-state index is -1.57. The molecular formula is C14H18N2O2S. The van der Waals surface area contributed by atoms with E-state index in [0.717, 1.165) is 19.3 Å². The lowest BCUT2D eigenvalue weighted by molar-refractivity contribution is -0.128.